The second-order valence-electron chi connectivity index (χ2n) is 7.63. The zero-order valence-corrected chi connectivity index (χ0v) is 12.7. The van der Waals surface area contributed by atoms with E-state index in [4.69, 9.17) is 0 Å². The first-order chi connectivity index (χ1) is 10.2. The Morgan fingerprint density at radius 3 is 2.57 bits per heavy atom. The molecule has 1 saturated heterocycles. The van der Waals surface area contributed by atoms with Gasteiger partial charge in [0, 0.05) is 6.54 Å². The minimum Gasteiger partial charge on any atom is -0.316 e. The van der Waals surface area contributed by atoms with Gasteiger partial charge in [0.2, 0.25) is 0 Å². The van der Waals surface area contributed by atoms with E-state index in [0.717, 1.165) is 18.8 Å². The van der Waals surface area contributed by atoms with Gasteiger partial charge in [0.25, 0.3) is 0 Å². The van der Waals surface area contributed by atoms with Crippen molar-refractivity contribution in [2.45, 2.75) is 50.4 Å². The molecule has 1 heterocycles. The number of rotatable bonds is 3. The van der Waals surface area contributed by atoms with Gasteiger partial charge >= 0.3 is 0 Å². The first kappa shape index (κ1) is 13.3. The van der Waals surface area contributed by atoms with Gasteiger partial charge in [-0.1, -0.05) is 24.3 Å². The van der Waals surface area contributed by atoms with Crippen molar-refractivity contribution in [1.82, 2.24) is 5.32 Å². The fraction of sp³-hybridized carbons (Fsp3) is 0.632. The van der Waals surface area contributed by atoms with Gasteiger partial charge < -0.3 is 5.32 Å². The van der Waals surface area contributed by atoms with Gasteiger partial charge in [-0.3, -0.25) is 0 Å². The third-order valence-corrected chi connectivity index (χ3v) is 6.13. The first-order valence-corrected chi connectivity index (χ1v) is 8.45. The SMILES string of the molecule is N#CC1(c2ccc(CC3CCC4(CCNC4)C3)cc2)CC1. The molecular weight excluding hydrogens is 256 g/mol. The zero-order valence-electron chi connectivity index (χ0n) is 12.7. The molecule has 1 spiro atoms. The summed E-state index contributed by atoms with van der Waals surface area (Å²) in [5, 5.41) is 12.8. The molecule has 3 fully saturated rings. The van der Waals surface area contributed by atoms with Gasteiger partial charge in [0.1, 0.15) is 0 Å². The second kappa shape index (κ2) is 4.85. The summed E-state index contributed by atoms with van der Waals surface area (Å²) in [6, 6.07) is 11.4. The molecule has 2 saturated carbocycles. The number of nitrogens with one attached hydrogen (secondary N) is 1. The van der Waals surface area contributed by atoms with Crippen molar-refractivity contribution in [3.63, 3.8) is 0 Å². The van der Waals surface area contributed by atoms with Crippen LogP contribution in [-0.4, -0.2) is 13.1 Å². The Balaban J connectivity index is 1.41. The smallest absolute Gasteiger partial charge is 0.0823 e. The Morgan fingerprint density at radius 1 is 1.14 bits per heavy atom. The van der Waals surface area contributed by atoms with E-state index in [0.29, 0.717) is 5.41 Å². The molecule has 0 amide bonds. The van der Waals surface area contributed by atoms with Crippen LogP contribution >= 0.6 is 0 Å². The van der Waals surface area contributed by atoms with Crippen LogP contribution in [-0.2, 0) is 11.8 Å². The van der Waals surface area contributed by atoms with Crippen molar-refractivity contribution in [2.75, 3.05) is 13.1 Å². The lowest BCUT2D eigenvalue weighted by molar-refractivity contribution is 0.319. The summed E-state index contributed by atoms with van der Waals surface area (Å²) in [5.41, 5.74) is 3.19. The van der Waals surface area contributed by atoms with Crippen LogP contribution < -0.4 is 5.32 Å². The van der Waals surface area contributed by atoms with Crippen LogP contribution in [0.1, 0.15) is 49.7 Å². The number of nitrogens with zero attached hydrogens (tertiary/aromatic N) is 1. The van der Waals surface area contributed by atoms with E-state index < -0.39 is 0 Å². The monoisotopic (exact) mass is 280 g/mol. The number of benzene rings is 1. The highest BCUT2D eigenvalue weighted by atomic mass is 14.9. The summed E-state index contributed by atoms with van der Waals surface area (Å²) in [6.45, 7) is 2.46. The number of nitriles is 1. The third-order valence-electron chi connectivity index (χ3n) is 6.13. The third kappa shape index (κ3) is 2.38. The minimum absolute atomic E-state index is 0.133. The second-order valence-corrected chi connectivity index (χ2v) is 7.63. The molecule has 1 aromatic rings. The fourth-order valence-electron chi connectivity index (χ4n) is 4.57. The summed E-state index contributed by atoms with van der Waals surface area (Å²) in [7, 11) is 0. The Kier molecular flexibility index (Phi) is 3.08. The Bertz CT molecular complexity index is 556. The molecule has 0 radical (unpaired) electrons. The molecule has 3 aliphatic rings. The number of hydrogen-bond acceptors (Lipinski definition) is 2. The summed E-state index contributed by atoms with van der Waals surface area (Å²) >= 11 is 0. The average molecular weight is 280 g/mol. The molecule has 1 aliphatic heterocycles. The quantitative estimate of drug-likeness (QED) is 0.919. The van der Waals surface area contributed by atoms with Crippen molar-refractivity contribution < 1.29 is 0 Å². The van der Waals surface area contributed by atoms with Crippen molar-refractivity contribution >= 4 is 0 Å². The van der Waals surface area contributed by atoms with Crippen molar-refractivity contribution in [3.05, 3.63) is 35.4 Å². The standard InChI is InChI=1S/C19H24N2/c20-13-19(7-8-19)17-3-1-15(2-4-17)11-16-5-6-18(12-16)9-10-21-14-18/h1-4,16,21H,5-12,14H2. The van der Waals surface area contributed by atoms with Crippen LogP contribution in [0.15, 0.2) is 24.3 Å². The Morgan fingerprint density at radius 2 is 1.95 bits per heavy atom. The number of hydrogen-bond donors (Lipinski definition) is 1. The predicted molar refractivity (Wildman–Crippen MR) is 83.9 cm³/mol. The zero-order chi connectivity index (χ0) is 14.3. The van der Waals surface area contributed by atoms with Crippen molar-refractivity contribution in [2.24, 2.45) is 11.3 Å². The van der Waals surface area contributed by atoms with Gasteiger partial charge in [-0.25, -0.2) is 0 Å². The summed E-state index contributed by atoms with van der Waals surface area (Å²) in [4.78, 5) is 0. The van der Waals surface area contributed by atoms with E-state index in [1.807, 2.05) is 0 Å². The molecule has 2 heteroatoms. The van der Waals surface area contributed by atoms with Crippen LogP contribution in [0.2, 0.25) is 0 Å². The normalized spacial score (nSPS) is 33.2. The Labute approximate surface area is 127 Å². The van der Waals surface area contributed by atoms with Crippen LogP contribution in [0, 0.1) is 22.7 Å². The maximum atomic E-state index is 9.27. The average Bonchev–Trinajstić information content (AvgIpc) is 3.03. The molecule has 2 atom stereocenters. The largest absolute Gasteiger partial charge is 0.316 e. The van der Waals surface area contributed by atoms with E-state index in [-0.39, 0.29) is 5.41 Å². The predicted octanol–water partition coefficient (Wildman–Crippen LogP) is 3.56. The lowest BCUT2D eigenvalue weighted by atomic mass is 9.83. The molecule has 2 unspecified atom stereocenters. The lowest BCUT2D eigenvalue weighted by Crippen LogP contribution is -2.20. The summed E-state index contributed by atoms with van der Waals surface area (Å²) < 4.78 is 0. The lowest BCUT2D eigenvalue weighted by Gasteiger charge is -2.21. The molecule has 2 aliphatic carbocycles. The first-order valence-electron chi connectivity index (χ1n) is 8.45. The van der Waals surface area contributed by atoms with Crippen LogP contribution in [0.25, 0.3) is 0 Å². The van der Waals surface area contributed by atoms with Crippen LogP contribution in [0.4, 0.5) is 0 Å². The molecule has 110 valence electrons. The van der Waals surface area contributed by atoms with Gasteiger partial charge in [-0.15, -0.1) is 0 Å². The van der Waals surface area contributed by atoms with Gasteiger partial charge in [-0.05, 0) is 74.0 Å². The van der Waals surface area contributed by atoms with Crippen LogP contribution in [0.3, 0.4) is 0 Å². The summed E-state index contributed by atoms with van der Waals surface area (Å²) in [6.07, 6.45) is 8.91. The van der Waals surface area contributed by atoms with Crippen molar-refractivity contribution in [3.8, 4) is 6.07 Å². The highest BCUT2D eigenvalue weighted by molar-refractivity contribution is 5.40. The molecule has 2 nitrogen and oxygen atoms in total. The molecule has 1 aromatic carbocycles. The maximum absolute atomic E-state index is 9.27. The topological polar surface area (TPSA) is 35.8 Å². The molecule has 1 N–H and O–H groups in total. The molecule has 4 rings (SSSR count). The molecule has 21 heavy (non-hydrogen) atoms. The van der Waals surface area contributed by atoms with Crippen LogP contribution in [0.5, 0.6) is 0 Å². The van der Waals surface area contributed by atoms with E-state index in [2.05, 4.69) is 35.7 Å². The molecular formula is C19H24N2. The van der Waals surface area contributed by atoms with Gasteiger partial charge in [-0.2, -0.15) is 5.26 Å². The van der Waals surface area contributed by atoms with E-state index in [1.54, 1.807) is 0 Å². The van der Waals surface area contributed by atoms with E-state index in [9.17, 15) is 5.26 Å². The van der Waals surface area contributed by atoms with Crippen molar-refractivity contribution in [1.29, 1.82) is 5.26 Å². The Hall–Kier alpha value is -1.33. The molecule has 0 bridgehead atoms. The highest BCUT2D eigenvalue weighted by Gasteiger charge is 2.45. The van der Waals surface area contributed by atoms with E-state index >= 15 is 0 Å². The molecule has 0 aromatic heterocycles. The van der Waals surface area contributed by atoms with Gasteiger partial charge in [0.15, 0.2) is 0 Å². The summed E-state index contributed by atoms with van der Waals surface area (Å²) in [5.74, 6) is 0.863. The highest BCUT2D eigenvalue weighted by Crippen LogP contribution is 2.48. The van der Waals surface area contributed by atoms with Gasteiger partial charge in [0.05, 0.1) is 11.5 Å². The maximum Gasteiger partial charge on any atom is 0.0823 e. The fourth-order valence-corrected chi connectivity index (χ4v) is 4.57. The minimum atomic E-state index is -0.133. The van der Waals surface area contributed by atoms with E-state index in [1.165, 1.54) is 56.3 Å².